The minimum atomic E-state index is -1.00. The molecule has 4 aromatic carbocycles. The molecular weight excluding hydrogens is 933 g/mol. The Morgan fingerprint density at radius 3 is 1.62 bits per heavy atom. The zero-order valence-corrected chi connectivity index (χ0v) is 40.7. The Balaban J connectivity index is 0.902. The number of para-hydroxylation sites is 2. The van der Waals surface area contributed by atoms with Crippen LogP contribution in [0.2, 0.25) is 0 Å². The van der Waals surface area contributed by atoms with E-state index in [1.54, 1.807) is 11.0 Å². The topological polar surface area (TPSA) is 187 Å². The van der Waals surface area contributed by atoms with Crippen molar-refractivity contribution in [3.8, 4) is 45.5 Å². The predicted molar refractivity (Wildman–Crippen MR) is 285 cm³/mol. The third-order valence-electron chi connectivity index (χ3n) is 13.3. The number of hydrogen-bond donors (Lipinski definition) is 2. The van der Waals surface area contributed by atoms with Gasteiger partial charge in [0.25, 0.3) is 0 Å². The van der Waals surface area contributed by atoms with Gasteiger partial charge in [-0.15, -0.1) is 0 Å². The number of piperidine rings is 2. The number of hydrogen-bond acceptors (Lipinski definition) is 13. The van der Waals surface area contributed by atoms with E-state index in [-0.39, 0.29) is 42.7 Å². The van der Waals surface area contributed by atoms with Crippen molar-refractivity contribution < 1.29 is 23.9 Å². The zero-order valence-electron chi connectivity index (χ0n) is 40.7. The zero-order chi connectivity index (χ0) is 51.1. The summed E-state index contributed by atoms with van der Waals surface area (Å²) in [6.07, 6.45) is 9.85. The second kappa shape index (κ2) is 21.7. The Morgan fingerprint density at radius 2 is 1.11 bits per heavy atom. The molecule has 372 valence electrons. The first kappa shape index (κ1) is 48.5. The molecule has 0 bridgehead atoms. The normalized spacial score (nSPS) is 16.2. The molecule has 0 aliphatic carbocycles. The van der Waals surface area contributed by atoms with E-state index >= 15 is 0 Å². The van der Waals surface area contributed by atoms with Crippen LogP contribution in [0.25, 0.3) is 44.6 Å². The molecule has 8 aromatic rings. The Morgan fingerprint density at radius 1 is 0.608 bits per heavy atom. The Hall–Kier alpha value is -9.09. The van der Waals surface area contributed by atoms with Crippen molar-refractivity contribution in [1.29, 1.82) is 0 Å². The van der Waals surface area contributed by atoms with E-state index in [4.69, 9.17) is 24.7 Å². The number of ether oxygens (including phenoxy) is 2. The number of ketones is 1. The Labute approximate surface area is 427 Å². The van der Waals surface area contributed by atoms with Gasteiger partial charge in [0.05, 0.1) is 22.9 Å². The van der Waals surface area contributed by atoms with E-state index in [0.717, 1.165) is 29.7 Å². The smallest absolute Gasteiger partial charge is 0.248 e. The van der Waals surface area contributed by atoms with Crippen LogP contribution >= 0.6 is 0 Å². The van der Waals surface area contributed by atoms with E-state index < -0.39 is 11.8 Å². The third kappa shape index (κ3) is 10.3. The van der Waals surface area contributed by atoms with Gasteiger partial charge in [-0.1, -0.05) is 62.7 Å². The van der Waals surface area contributed by atoms with Crippen molar-refractivity contribution in [3.05, 3.63) is 172 Å². The van der Waals surface area contributed by atoms with Gasteiger partial charge in [0.1, 0.15) is 64.6 Å². The molecule has 4 aromatic heterocycles. The quantitative estimate of drug-likeness (QED) is 0.0470. The number of carbonyl (C=O) groups is 3. The van der Waals surface area contributed by atoms with Crippen LogP contribution in [0.5, 0.6) is 23.0 Å². The number of allylic oxidation sites excluding steroid dienone is 2. The average Bonchev–Trinajstić information content (AvgIpc) is 4.04. The lowest BCUT2D eigenvalue weighted by Gasteiger charge is -2.37. The van der Waals surface area contributed by atoms with Crippen LogP contribution in [0.15, 0.2) is 172 Å². The molecule has 2 unspecified atom stereocenters. The van der Waals surface area contributed by atoms with Crippen LogP contribution in [-0.2, 0) is 14.4 Å². The molecule has 2 fully saturated rings. The molecule has 74 heavy (non-hydrogen) atoms. The van der Waals surface area contributed by atoms with Crippen LogP contribution in [0.1, 0.15) is 37.8 Å². The van der Waals surface area contributed by atoms with Gasteiger partial charge in [0.2, 0.25) is 11.8 Å². The van der Waals surface area contributed by atoms with Gasteiger partial charge in [-0.25, -0.2) is 29.3 Å². The SMILES string of the molecule is C=CC(=C)Nc1ncnc2c1c(-c1ccc(Oc3ccccc3)cc1)nn2C1CCCN(CC(C(=O)C=C)C(=O)N2CCC[C@@H](n3nc(-c4ccc(Oc5ccccc5)cc4)c4c(NC(=O)C=C)ncnc43)C2)C1. The number of rotatable bonds is 18. The summed E-state index contributed by atoms with van der Waals surface area (Å²) in [5.74, 6) is 1.49. The van der Waals surface area contributed by atoms with Gasteiger partial charge in [-0.2, -0.15) is 10.2 Å². The van der Waals surface area contributed by atoms with E-state index in [9.17, 15) is 14.4 Å². The van der Waals surface area contributed by atoms with E-state index in [1.165, 1.54) is 24.8 Å². The van der Waals surface area contributed by atoms with E-state index in [0.29, 0.717) is 94.7 Å². The lowest BCUT2D eigenvalue weighted by molar-refractivity contribution is -0.142. The fourth-order valence-corrected chi connectivity index (χ4v) is 9.69. The fourth-order valence-electron chi connectivity index (χ4n) is 9.69. The number of nitrogens with one attached hydrogen (secondary N) is 2. The van der Waals surface area contributed by atoms with Crippen LogP contribution < -0.4 is 20.1 Å². The number of benzene rings is 4. The minimum Gasteiger partial charge on any atom is -0.457 e. The molecule has 2 aliphatic heterocycles. The molecule has 0 radical (unpaired) electrons. The largest absolute Gasteiger partial charge is 0.457 e. The molecule has 2 aliphatic rings. The highest BCUT2D eigenvalue weighted by Crippen LogP contribution is 2.39. The molecule has 6 heterocycles. The van der Waals surface area contributed by atoms with Crippen molar-refractivity contribution in [3.63, 3.8) is 0 Å². The number of nitrogens with zero attached hydrogens (tertiary/aromatic N) is 10. The summed E-state index contributed by atoms with van der Waals surface area (Å²) in [6.45, 7) is 17.5. The predicted octanol–water partition coefficient (Wildman–Crippen LogP) is 9.99. The Bertz CT molecular complexity index is 3390. The first-order chi connectivity index (χ1) is 36.2. The van der Waals surface area contributed by atoms with Gasteiger partial charge < -0.3 is 25.0 Å². The summed E-state index contributed by atoms with van der Waals surface area (Å²) in [7, 11) is 0. The number of anilines is 2. The Kier molecular flexibility index (Phi) is 14.2. The molecule has 3 atom stereocenters. The number of amides is 2. The molecule has 17 nitrogen and oxygen atoms in total. The summed E-state index contributed by atoms with van der Waals surface area (Å²) >= 11 is 0. The molecule has 2 saturated heterocycles. The van der Waals surface area contributed by atoms with Gasteiger partial charge in [0, 0.05) is 43.0 Å². The van der Waals surface area contributed by atoms with Crippen LogP contribution in [-0.4, -0.2) is 99.6 Å². The summed E-state index contributed by atoms with van der Waals surface area (Å²) in [6, 6.07) is 33.8. The van der Waals surface area contributed by atoms with Crippen molar-refractivity contribution in [2.75, 3.05) is 43.4 Å². The number of likely N-dealkylation sites (tertiary alicyclic amines) is 2. The summed E-state index contributed by atoms with van der Waals surface area (Å²) in [4.78, 5) is 63.8. The van der Waals surface area contributed by atoms with Crippen molar-refractivity contribution in [2.24, 2.45) is 5.92 Å². The standard InChI is InChI=1S/C57H54N12O5/c1-5-37(4)62-53-49-51(38-22-26-44(27-23-38)73-42-18-10-8-11-19-42)64-68(55(49)60-35-58-53)40-16-14-30-66(32-40)34-46(47(70)6-2)57(72)67-31-15-17-41(33-67)69-56-50(54(59-36-61-56)63-48(71)7-3)52(65-69)39-24-28-45(29-25-39)74-43-20-12-9-13-21-43/h5-13,18-29,35-36,40-41,46H,1-4,14-17,30-34H2,(H,58,60,62)(H,59,61,63,71)/t40?,41-,46?/m1/s1. The number of carbonyl (C=O) groups excluding carboxylic acids is 3. The maximum Gasteiger partial charge on any atom is 0.248 e. The lowest BCUT2D eigenvalue weighted by atomic mass is 9.96. The number of fused-ring (bicyclic) bond motifs is 2. The maximum absolute atomic E-state index is 14.8. The van der Waals surface area contributed by atoms with Gasteiger partial charge >= 0.3 is 0 Å². The van der Waals surface area contributed by atoms with E-state index in [2.05, 4.69) is 56.8 Å². The second-order valence-corrected chi connectivity index (χ2v) is 18.1. The first-order valence-corrected chi connectivity index (χ1v) is 24.5. The van der Waals surface area contributed by atoms with Crippen LogP contribution in [0.3, 0.4) is 0 Å². The molecule has 10 rings (SSSR count). The highest BCUT2D eigenvalue weighted by molar-refractivity contribution is 6.08. The highest BCUT2D eigenvalue weighted by Gasteiger charge is 2.37. The van der Waals surface area contributed by atoms with Gasteiger partial charge in [-0.05, 0) is 123 Å². The summed E-state index contributed by atoms with van der Waals surface area (Å²) in [5, 5.41) is 17.7. The fraction of sp³-hybridized carbons (Fsp3) is 0.211. The molecule has 17 heteroatoms. The monoisotopic (exact) mass is 986 g/mol. The minimum absolute atomic E-state index is 0.155. The molecule has 2 N–H and O–H groups in total. The first-order valence-electron chi connectivity index (χ1n) is 24.5. The van der Waals surface area contributed by atoms with Gasteiger partial charge in [0.15, 0.2) is 17.1 Å². The van der Waals surface area contributed by atoms with Crippen LogP contribution in [0, 0.1) is 5.92 Å². The van der Waals surface area contributed by atoms with Crippen molar-refractivity contribution in [1.82, 2.24) is 49.3 Å². The van der Waals surface area contributed by atoms with E-state index in [1.807, 2.05) is 119 Å². The molecule has 0 saturated carbocycles. The second-order valence-electron chi connectivity index (χ2n) is 18.1. The van der Waals surface area contributed by atoms with Crippen LogP contribution in [0.4, 0.5) is 11.6 Å². The third-order valence-corrected chi connectivity index (χ3v) is 13.3. The van der Waals surface area contributed by atoms with Gasteiger partial charge in [-0.3, -0.25) is 19.3 Å². The van der Waals surface area contributed by atoms with Crippen molar-refractivity contribution in [2.45, 2.75) is 37.8 Å². The maximum atomic E-state index is 14.8. The number of aromatic nitrogens is 8. The average molecular weight is 987 g/mol. The summed E-state index contributed by atoms with van der Waals surface area (Å²) in [5.41, 5.74) is 4.47. The molecule has 0 spiro atoms. The lowest BCUT2D eigenvalue weighted by Crippen LogP contribution is -2.50. The molecular formula is C57H54N12O5. The highest BCUT2D eigenvalue weighted by atomic mass is 16.5. The molecule has 2 amide bonds. The van der Waals surface area contributed by atoms with Crippen molar-refractivity contribution >= 4 is 51.3 Å². The summed E-state index contributed by atoms with van der Waals surface area (Å²) < 4.78 is 15.9.